The van der Waals surface area contributed by atoms with E-state index in [1.54, 1.807) is 0 Å². The van der Waals surface area contributed by atoms with E-state index in [-0.39, 0.29) is 5.92 Å². The van der Waals surface area contributed by atoms with Crippen molar-refractivity contribution in [3.05, 3.63) is 16.1 Å². The van der Waals surface area contributed by atoms with E-state index in [2.05, 4.69) is 17.2 Å². The van der Waals surface area contributed by atoms with Crippen LogP contribution in [0.25, 0.3) is 0 Å². The molecule has 2 nitrogen and oxygen atoms in total. The molecule has 1 aromatic heterocycles. The van der Waals surface area contributed by atoms with Gasteiger partial charge < -0.3 is 5.32 Å². The van der Waals surface area contributed by atoms with Gasteiger partial charge in [-0.2, -0.15) is 13.2 Å². The Morgan fingerprint density at radius 1 is 1.30 bits per heavy atom. The van der Waals surface area contributed by atoms with Crippen LogP contribution in [0.5, 0.6) is 0 Å². The second-order valence-electron chi connectivity index (χ2n) is 5.38. The summed E-state index contributed by atoms with van der Waals surface area (Å²) in [4.78, 5) is 4.39. The Labute approximate surface area is 121 Å². The smallest absolute Gasteiger partial charge is 0.317 e. The fraction of sp³-hybridized carbons (Fsp3) is 0.786. The molecular formula is C14H21F3N2S. The Hall–Kier alpha value is -0.620. The van der Waals surface area contributed by atoms with Crippen LogP contribution in [-0.4, -0.2) is 18.1 Å². The lowest BCUT2D eigenvalue weighted by Gasteiger charge is -2.24. The maximum atomic E-state index is 12.7. The molecule has 1 fully saturated rings. The maximum Gasteiger partial charge on any atom is 0.443 e. The van der Waals surface area contributed by atoms with E-state index in [1.165, 1.54) is 19.0 Å². The van der Waals surface area contributed by atoms with E-state index >= 15 is 0 Å². The predicted octanol–water partition coefficient (Wildman–Crippen LogP) is 4.44. The number of hydrogen-bond donors (Lipinski definition) is 1. The molecule has 2 atom stereocenters. The normalized spacial score (nSPS) is 24.6. The largest absolute Gasteiger partial charge is 0.443 e. The van der Waals surface area contributed by atoms with Crippen LogP contribution in [0.4, 0.5) is 13.2 Å². The molecule has 20 heavy (non-hydrogen) atoms. The summed E-state index contributed by atoms with van der Waals surface area (Å²) in [5, 5.41) is 2.64. The Kier molecular flexibility index (Phi) is 5.43. The molecule has 1 heterocycles. The van der Waals surface area contributed by atoms with Crippen molar-refractivity contribution in [1.82, 2.24) is 10.3 Å². The summed E-state index contributed by atoms with van der Waals surface area (Å²) in [6.07, 6.45) is 2.67. The predicted molar refractivity (Wildman–Crippen MR) is 75.0 cm³/mol. The minimum absolute atomic E-state index is 0.227. The molecule has 0 saturated heterocycles. The molecule has 2 unspecified atom stereocenters. The van der Waals surface area contributed by atoms with Crippen molar-refractivity contribution < 1.29 is 13.2 Å². The van der Waals surface area contributed by atoms with Crippen molar-refractivity contribution >= 4 is 11.3 Å². The van der Waals surface area contributed by atoms with Crippen LogP contribution in [0.3, 0.4) is 0 Å². The van der Waals surface area contributed by atoms with Crippen LogP contribution < -0.4 is 5.32 Å². The third-order valence-corrected chi connectivity index (χ3v) is 5.12. The van der Waals surface area contributed by atoms with Crippen LogP contribution in [0.15, 0.2) is 6.20 Å². The number of nitrogens with zero attached hydrogens (tertiary/aromatic N) is 1. The first-order valence-electron chi connectivity index (χ1n) is 7.26. The summed E-state index contributed by atoms with van der Waals surface area (Å²) < 4.78 is 38.1. The topological polar surface area (TPSA) is 24.9 Å². The Balaban J connectivity index is 2.15. The van der Waals surface area contributed by atoms with E-state index in [1.807, 2.05) is 0 Å². The number of halogens is 3. The fourth-order valence-corrected chi connectivity index (χ4v) is 3.93. The highest BCUT2D eigenvalue weighted by molar-refractivity contribution is 7.11. The van der Waals surface area contributed by atoms with Gasteiger partial charge in [-0.15, -0.1) is 11.3 Å². The van der Waals surface area contributed by atoms with E-state index < -0.39 is 11.2 Å². The van der Waals surface area contributed by atoms with Gasteiger partial charge in [0.05, 0.1) is 0 Å². The van der Waals surface area contributed by atoms with Crippen molar-refractivity contribution in [2.75, 3.05) is 13.1 Å². The number of rotatable bonds is 4. The zero-order chi connectivity index (χ0) is 14.6. The average Bonchev–Trinajstić information content (AvgIpc) is 2.77. The monoisotopic (exact) mass is 306 g/mol. The van der Waals surface area contributed by atoms with Gasteiger partial charge in [-0.1, -0.05) is 26.2 Å². The second-order valence-corrected chi connectivity index (χ2v) is 6.44. The maximum absolute atomic E-state index is 12.7. The van der Waals surface area contributed by atoms with Crippen molar-refractivity contribution in [3.8, 4) is 0 Å². The first-order chi connectivity index (χ1) is 9.52. The Morgan fingerprint density at radius 3 is 2.70 bits per heavy atom. The highest BCUT2D eigenvalue weighted by atomic mass is 32.1. The van der Waals surface area contributed by atoms with Crippen LogP contribution in [-0.2, 0) is 6.18 Å². The van der Waals surface area contributed by atoms with Crippen molar-refractivity contribution in [1.29, 1.82) is 0 Å². The molecule has 1 aliphatic rings. The minimum Gasteiger partial charge on any atom is -0.317 e. The van der Waals surface area contributed by atoms with Gasteiger partial charge >= 0.3 is 6.18 Å². The Morgan fingerprint density at radius 2 is 2.05 bits per heavy atom. The summed E-state index contributed by atoms with van der Waals surface area (Å²) in [5.74, 6) is 0.657. The lowest BCUT2D eigenvalue weighted by molar-refractivity contribution is -0.137. The number of hydrogen-bond acceptors (Lipinski definition) is 3. The van der Waals surface area contributed by atoms with E-state index in [9.17, 15) is 13.2 Å². The third-order valence-electron chi connectivity index (χ3n) is 3.95. The highest BCUT2D eigenvalue weighted by Gasteiger charge is 2.36. The molecule has 1 saturated carbocycles. The molecule has 0 bridgehead atoms. The molecule has 0 amide bonds. The van der Waals surface area contributed by atoms with Gasteiger partial charge in [-0.25, -0.2) is 4.98 Å². The van der Waals surface area contributed by atoms with Crippen LogP contribution in [0.1, 0.15) is 54.8 Å². The third kappa shape index (κ3) is 3.95. The summed E-state index contributed by atoms with van der Waals surface area (Å²) in [6.45, 7) is 3.85. The molecule has 1 aromatic rings. The molecule has 6 heteroatoms. The zero-order valence-corrected chi connectivity index (χ0v) is 12.5. The number of nitrogens with one attached hydrogen (secondary N) is 1. The van der Waals surface area contributed by atoms with E-state index in [4.69, 9.17) is 0 Å². The van der Waals surface area contributed by atoms with Gasteiger partial charge in [0.1, 0.15) is 0 Å². The standard InChI is InChI=1S/C14H21F3N2S/c1-2-18-8-10-6-4-3-5-7-11(10)12-9-19-13(20-12)14(15,16)17/h9-11,18H,2-8H2,1H3. The first kappa shape index (κ1) is 15.8. The van der Waals surface area contributed by atoms with Crippen LogP contribution >= 0.6 is 11.3 Å². The van der Waals surface area contributed by atoms with Gasteiger partial charge in [0.2, 0.25) is 0 Å². The van der Waals surface area contributed by atoms with Crippen LogP contribution in [0.2, 0.25) is 0 Å². The molecule has 114 valence electrons. The number of aromatic nitrogens is 1. The molecule has 1 aliphatic carbocycles. The molecule has 0 radical (unpaired) electrons. The quantitative estimate of drug-likeness (QED) is 0.832. The SMILES string of the molecule is CCNCC1CCCCCC1c1cnc(C(F)(F)F)s1. The van der Waals surface area contributed by atoms with Crippen molar-refractivity contribution in [2.45, 2.75) is 51.1 Å². The lowest BCUT2D eigenvalue weighted by Crippen LogP contribution is -2.26. The molecule has 0 aliphatic heterocycles. The molecular weight excluding hydrogens is 285 g/mol. The van der Waals surface area contributed by atoms with Gasteiger partial charge in [0.25, 0.3) is 0 Å². The van der Waals surface area contributed by atoms with Crippen molar-refractivity contribution in [3.63, 3.8) is 0 Å². The van der Waals surface area contributed by atoms with Crippen LogP contribution in [0, 0.1) is 5.92 Å². The highest BCUT2D eigenvalue weighted by Crippen LogP contribution is 2.41. The average molecular weight is 306 g/mol. The summed E-state index contributed by atoms with van der Waals surface area (Å²) >= 11 is 0.829. The molecule has 1 N–H and O–H groups in total. The van der Waals surface area contributed by atoms with Gasteiger partial charge in [0.15, 0.2) is 5.01 Å². The second kappa shape index (κ2) is 6.89. The van der Waals surface area contributed by atoms with Gasteiger partial charge in [-0.3, -0.25) is 0 Å². The van der Waals surface area contributed by atoms with Gasteiger partial charge in [-0.05, 0) is 37.8 Å². The minimum atomic E-state index is -4.31. The Bertz CT molecular complexity index is 417. The molecule has 0 spiro atoms. The van der Waals surface area contributed by atoms with E-state index in [0.717, 1.165) is 48.6 Å². The van der Waals surface area contributed by atoms with Crippen molar-refractivity contribution in [2.24, 2.45) is 5.92 Å². The summed E-state index contributed by atoms with van der Waals surface area (Å²) in [5.41, 5.74) is 0. The summed E-state index contributed by atoms with van der Waals surface area (Å²) in [7, 11) is 0. The van der Waals surface area contributed by atoms with Gasteiger partial charge in [0, 0.05) is 11.1 Å². The van der Waals surface area contributed by atoms with E-state index in [0.29, 0.717) is 5.92 Å². The first-order valence-corrected chi connectivity index (χ1v) is 8.07. The number of alkyl halides is 3. The molecule has 2 rings (SSSR count). The zero-order valence-electron chi connectivity index (χ0n) is 11.7. The fourth-order valence-electron chi connectivity index (χ4n) is 2.92. The number of thiazole rings is 1. The lowest BCUT2D eigenvalue weighted by atomic mass is 9.87. The molecule has 0 aromatic carbocycles. The summed E-state index contributed by atoms with van der Waals surface area (Å²) in [6, 6.07) is 0.